The third-order valence-electron chi connectivity index (χ3n) is 6.44. The van der Waals surface area contributed by atoms with E-state index in [1.54, 1.807) is 0 Å². The van der Waals surface area contributed by atoms with Gasteiger partial charge < -0.3 is 5.73 Å². The summed E-state index contributed by atoms with van der Waals surface area (Å²) in [5, 5.41) is 0. The molecule has 0 aromatic carbocycles. The molecule has 0 amide bonds. The quantitative estimate of drug-likeness (QED) is 0.671. The Hall–Kier alpha value is -0.300. The second-order valence-electron chi connectivity index (χ2n) is 7.12. The maximum absolute atomic E-state index is 6.75. The molecule has 1 nitrogen and oxygen atoms in total. The molecule has 2 saturated carbocycles. The maximum Gasteiger partial charge on any atom is 0.0212 e. The van der Waals surface area contributed by atoms with Crippen molar-refractivity contribution in [2.24, 2.45) is 41.2 Å². The summed E-state index contributed by atoms with van der Waals surface area (Å²) in [4.78, 5) is 0. The number of allylic oxidation sites excluding steroid dienone is 2. The molecule has 6 atom stereocenters. The highest BCUT2D eigenvalue weighted by Gasteiger charge is 2.64. The first-order chi connectivity index (χ1) is 7.61. The van der Waals surface area contributed by atoms with Crippen LogP contribution < -0.4 is 5.73 Å². The fourth-order valence-electron chi connectivity index (χ4n) is 5.72. The molecular formula is C15H23N. The highest BCUT2D eigenvalue weighted by Crippen LogP contribution is 2.67. The van der Waals surface area contributed by atoms with Crippen LogP contribution in [-0.4, -0.2) is 5.54 Å². The number of hydrogen-bond acceptors (Lipinski definition) is 1. The van der Waals surface area contributed by atoms with Crippen molar-refractivity contribution in [3.8, 4) is 0 Å². The summed E-state index contributed by atoms with van der Waals surface area (Å²) in [6.07, 6.45) is 8.22. The van der Waals surface area contributed by atoms with E-state index in [4.69, 9.17) is 5.73 Å². The Morgan fingerprint density at radius 3 is 3.00 bits per heavy atom. The first kappa shape index (κ1) is 9.70. The van der Waals surface area contributed by atoms with Crippen molar-refractivity contribution in [2.45, 2.75) is 45.1 Å². The summed E-state index contributed by atoms with van der Waals surface area (Å²) in [7, 11) is 0. The van der Waals surface area contributed by atoms with Gasteiger partial charge in [0, 0.05) is 5.54 Å². The van der Waals surface area contributed by atoms with Gasteiger partial charge in [0.1, 0.15) is 0 Å². The van der Waals surface area contributed by atoms with Crippen LogP contribution in [0.25, 0.3) is 0 Å². The lowest BCUT2D eigenvalue weighted by Gasteiger charge is -2.46. The molecule has 4 bridgehead atoms. The van der Waals surface area contributed by atoms with E-state index in [0.29, 0.717) is 5.92 Å². The Morgan fingerprint density at radius 2 is 2.25 bits per heavy atom. The fraction of sp³-hybridized carbons (Fsp3) is 0.867. The van der Waals surface area contributed by atoms with Crippen LogP contribution in [0.3, 0.4) is 0 Å². The van der Waals surface area contributed by atoms with E-state index < -0.39 is 0 Å². The van der Waals surface area contributed by atoms with E-state index in [1.807, 2.05) is 5.57 Å². The Bertz CT molecular complexity index is 370. The Balaban J connectivity index is 1.72. The van der Waals surface area contributed by atoms with Gasteiger partial charge in [0.25, 0.3) is 0 Å². The van der Waals surface area contributed by atoms with Crippen LogP contribution in [-0.2, 0) is 0 Å². The van der Waals surface area contributed by atoms with Crippen LogP contribution in [0.2, 0.25) is 0 Å². The van der Waals surface area contributed by atoms with Crippen molar-refractivity contribution in [2.75, 3.05) is 0 Å². The molecule has 0 aliphatic heterocycles. The van der Waals surface area contributed by atoms with E-state index in [1.165, 1.54) is 25.7 Å². The lowest BCUT2D eigenvalue weighted by atomic mass is 9.61. The predicted octanol–water partition coefficient (Wildman–Crippen LogP) is 2.96. The maximum atomic E-state index is 6.75. The average Bonchev–Trinajstić information content (AvgIpc) is 2.92. The summed E-state index contributed by atoms with van der Waals surface area (Å²) in [6.45, 7) is 4.67. The van der Waals surface area contributed by atoms with Gasteiger partial charge in [0.2, 0.25) is 0 Å². The number of rotatable bonds is 1. The standard InChI is InChI=1S/C15H23N/c1-8(2)15(16)7-11-6-12(15)14-10-4-3-9(5-10)13(11)14/h5,8,10-14H,3-4,6-7,16H2,1-2H3. The Labute approximate surface area is 98.5 Å². The molecule has 6 unspecified atom stereocenters. The summed E-state index contributed by atoms with van der Waals surface area (Å²) >= 11 is 0. The first-order valence-corrected chi connectivity index (χ1v) is 7.10. The van der Waals surface area contributed by atoms with Crippen molar-refractivity contribution in [3.05, 3.63) is 11.6 Å². The minimum atomic E-state index is 0.171. The zero-order valence-electron chi connectivity index (χ0n) is 10.4. The van der Waals surface area contributed by atoms with Gasteiger partial charge in [-0.3, -0.25) is 0 Å². The lowest BCUT2D eigenvalue weighted by Crippen LogP contribution is -2.54. The zero-order valence-corrected chi connectivity index (χ0v) is 10.4. The molecule has 88 valence electrons. The van der Waals surface area contributed by atoms with Crippen molar-refractivity contribution in [1.29, 1.82) is 0 Å². The van der Waals surface area contributed by atoms with Crippen LogP contribution in [0.5, 0.6) is 0 Å². The van der Waals surface area contributed by atoms with Crippen molar-refractivity contribution in [3.63, 3.8) is 0 Å². The summed E-state index contributed by atoms with van der Waals surface area (Å²) in [5.74, 6) is 5.28. The monoisotopic (exact) mass is 217 g/mol. The summed E-state index contributed by atoms with van der Waals surface area (Å²) in [6, 6.07) is 0. The third-order valence-corrected chi connectivity index (χ3v) is 6.44. The second kappa shape index (κ2) is 2.75. The molecular weight excluding hydrogens is 194 g/mol. The molecule has 0 radical (unpaired) electrons. The average molecular weight is 217 g/mol. The zero-order chi connectivity index (χ0) is 11.1. The SMILES string of the molecule is CC(C)C1(N)CC2CC1C1C3C=C(CC3)C21. The lowest BCUT2D eigenvalue weighted by molar-refractivity contribution is 0.0852. The first-order valence-electron chi connectivity index (χ1n) is 7.10. The molecule has 0 aromatic heterocycles. The molecule has 0 saturated heterocycles. The molecule has 0 heterocycles. The Morgan fingerprint density at radius 1 is 1.44 bits per heavy atom. The molecule has 16 heavy (non-hydrogen) atoms. The van der Waals surface area contributed by atoms with E-state index >= 15 is 0 Å². The normalized spacial score (nSPS) is 57.2. The van der Waals surface area contributed by atoms with Gasteiger partial charge in [-0.2, -0.15) is 0 Å². The molecule has 0 spiro atoms. The van der Waals surface area contributed by atoms with Gasteiger partial charge in [-0.05, 0) is 61.2 Å². The summed E-state index contributed by atoms with van der Waals surface area (Å²) in [5.41, 5.74) is 8.75. The molecule has 1 heteroatoms. The van der Waals surface area contributed by atoms with E-state index in [2.05, 4.69) is 19.9 Å². The Kier molecular flexibility index (Phi) is 1.66. The molecule has 2 fully saturated rings. The molecule has 4 rings (SSSR count). The topological polar surface area (TPSA) is 26.0 Å². The number of hydrogen-bond donors (Lipinski definition) is 1. The molecule has 0 aromatic rings. The van der Waals surface area contributed by atoms with Crippen molar-refractivity contribution in [1.82, 2.24) is 0 Å². The van der Waals surface area contributed by atoms with Crippen LogP contribution in [0.15, 0.2) is 11.6 Å². The molecule has 2 N–H and O–H groups in total. The molecule has 4 aliphatic carbocycles. The number of nitrogens with two attached hydrogens (primary N) is 1. The van der Waals surface area contributed by atoms with Gasteiger partial charge in [-0.1, -0.05) is 25.5 Å². The van der Waals surface area contributed by atoms with E-state index in [-0.39, 0.29) is 5.54 Å². The van der Waals surface area contributed by atoms with Crippen LogP contribution in [0, 0.1) is 35.5 Å². The largest absolute Gasteiger partial charge is 0.325 e. The van der Waals surface area contributed by atoms with Crippen LogP contribution in [0.1, 0.15) is 39.5 Å². The van der Waals surface area contributed by atoms with Gasteiger partial charge in [0.15, 0.2) is 0 Å². The minimum absolute atomic E-state index is 0.171. The predicted molar refractivity (Wildman–Crippen MR) is 65.8 cm³/mol. The highest BCUT2D eigenvalue weighted by atomic mass is 14.9. The minimum Gasteiger partial charge on any atom is -0.325 e. The van der Waals surface area contributed by atoms with Gasteiger partial charge >= 0.3 is 0 Å². The fourth-order valence-corrected chi connectivity index (χ4v) is 5.72. The van der Waals surface area contributed by atoms with Crippen molar-refractivity contribution < 1.29 is 0 Å². The second-order valence-corrected chi connectivity index (χ2v) is 7.12. The smallest absolute Gasteiger partial charge is 0.0212 e. The van der Waals surface area contributed by atoms with Crippen LogP contribution >= 0.6 is 0 Å². The number of fused-ring (bicyclic) bond motifs is 8. The highest BCUT2D eigenvalue weighted by molar-refractivity contribution is 5.32. The molecule has 4 aliphatic rings. The van der Waals surface area contributed by atoms with Gasteiger partial charge in [-0.15, -0.1) is 0 Å². The summed E-state index contributed by atoms with van der Waals surface area (Å²) < 4.78 is 0. The van der Waals surface area contributed by atoms with Gasteiger partial charge in [0.05, 0.1) is 0 Å². The van der Waals surface area contributed by atoms with Gasteiger partial charge in [-0.25, -0.2) is 0 Å². The van der Waals surface area contributed by atoms with Crippen molar-refractivity contribution >= 4 is 0 Å². The van der Waals surface area contributed by atoms with E-state index in [9.17, 15) is 0 Å². The van der Waals surface area contributed by atoms with E-state index in [0.717, 1.165) is 29.6 Å². The third kappa shape index (κ3) is 0.895. The van der Waals surface area contributed by atoms with Crippen LogP contribution in [0.4, 0.5) is 0 Å².